The summed E-state index contributed by atoms with van der Waals surface area (Å²) in [6.45, 7) is 5.19. The molecular formula is C29H33FN2O3. The molecule has 3 aromatic carbocycles. The number of fused-ring (bicyclic) bond motifs is 1. The molecule has 1 amide bonds. The van der Waals surface area contributed by atoms with Crippen molar-refractivity contribution in [2.24, 2.45) is 0 Å². The van der Waals surface area contributed by atoms with Gasteiger partial charge in [-0.25, -0.2) is 4.39 Å². The van der Waals surface area contributed by atoms with Crippen LogP contribution in [-0.2, 0) is 13.0 Å². The molecule has 0 aromatic heterocycles. The van der Waals surface area contributed by atoms with Crippen molar-refractivity contribution in [3.8, 4) is 11.5 Å². The molecule has 2 unspecified atom stereocenters. The summed E-state index contributed by atoms with van der Waals surface area (Å²) < 4.78 is 25.8. The number of carbonyl (C=O) groups excluding carboxylic acids is 1. The molecule has 0 aliphatic carbocycles. The summed E-state index contributed by atoms with van der Waals surface area (Å²) in [6, 6.07) is 18.2. The van der Waals surface area contributed by atoms with Gasteiger partial charge < -0.3 is 14.8 Å². The molecule has 0 radical (unpaired) electrons. The summed E-state index contributed by atoms with van der Waals surface area (Å²) in [5.41, 5.74) is 4.46. The molecule has 184 valence electrons. The molecule has 4 rings (SSSR count). The van der Waals surface area contributed by atoms with Crippen molar-refractivity contribution in [1.29, 1.82) is 0 Å². The van der Waals surface area contributed by atoms with Crippen LogP contribution in [0.15, 0.2) is 60.7 Å². The minimum atomic E-state index is -0.221. The molecule has 1 aliphatic rings. The predicted octanol–water partition coefficient (Wildman–Crippen LogP) is 5.46. The second kappa shape index (κ2) is 10.9. The van der Waals surface area contributed by atoms with Crippen molar-refractivity contribution in [3.05, 3.63) is 94.3 Å². The van der Waals surface area contributed by atoms with E-state index in [0.717, 1.165) is 29.7 Å². The van der Waals surface area contributed by atoms with E-state index in [-0.39, 0.29) is 23.8 Å². The number of methoxy groups -OCH3 is 2. The van der Waals surface area contributed by atoms with Crippen LogP contribution < -0.4 is 14.8 Å². The highest BCUT2D eigenvalue weighted by molar-refractivity contribution is 5.95. The molecule has 0 saturated carbocycles. The lowest BCUT2D eigenvalue weighted by Gasteiger charge is -2.42. The highest BCUT2D eigenvalue weighted by Crippen LogP contribution is 2.40. The minimum Gasteiger partial charge on any atom is -0.493 e. The molecule has 0 fully saturated rings. The Balaban J connectivity index is 1.74. The lowest BCUT2D eigenvalue weighted by Crippen LogP contribution is -2.48. The van der Waals surface area contributed by atoms with E-state index in [1.165, 1.54) is 6.07 Å². The molecule has 1 aliphatic heterocycles. The standard InChI is InChI=1S/C29H33FN2O3/c1-5-25(31-29(33)22-12-8-6-10-19(22)2)28-23-17-27(35-4)26(34-3)16-20(23)14-15-32(28)18-21-11-7-9-13-24(21)30/h6-13,16-17,25,28H,5,14-15,18H2,1-4H3,(H,31,33). The lowest BCUT2D eigenvalue weighted by molar-refractivity contribution is 0.0856. The highest BCUT2D eigenvalue weighted by Gasteiger charge is 2.35. The zero-order valence-electron chi connectivity index (χ0n) is 20.8. The Morgan fingerprint density at radius 2 is 1.77 bits per heavy atom. The number of nitrogens with one attached hydrogen (secondary N) is 1. The van der Waals surface area contributed by atoms with Crippen molar-refractivity contribution in [3.63, 3.8) is 0 Å². The Hall–Kier alpha value is -3.38. The topological polar surface area (TPSA) is 50.8 Å². The number of amides is 1. The highest BCUT2D eigenvalue weighted by atomic mass is 19.1. The third-order valence-electron chi connectivity index (χ3n) is 6.88. The van der Waals surface area contributed by atoms with E-state index >= 15 is 0 Å². The van der Waals surface area contributed by atoms with E-state index in [0.29, 0.717) is 35.6 Å². The quantitative estimate of drug-likeness (QED) is 0.469. The van der Waals surface area contributed by atoms with Crippen LogP contribution in [-0.4, -0.2) is 37.6 Å². The first-order valence-electron chi connectivity index (χ1n) is 12.1. The predicted molar refractivity (Wildman–Crippen MR) is 136 cm³/mol. The normalized spacial score (nSPS) is 16.3. The van der Waals surface area contributed by atoms with E-state index < -0.39 is 0 Å². The molecule has 35 heavy (non-hydrogen) atoms. The fourth-order valence-corrected chi connectivity index (χ4v) is 5.00. The number of hydrogen-bond acceptors (Lipinski definition) is 4. The number of ether oxygens (including phenoxy) is 2. The SMILES string of the molecule is CCC(NC(=O)c1ccccc1C)C1c2cc(OC)c(OC)cc2CCN1Cc1ccccc1F. The maximum Gasteiger partial charge on any atom is 0.251 e. The number of hydrogen-bond donors (Lipinski definition) is 1. The molecule has 5 nitrogen and oxygen atoms in total. The average Bonchev–Trinajstić information content (AvgIpc) is 2.88. The monoisotopic (exact) mass is 476 g/mol. The molecule has 1 heterocycles. The first-order chi connectivity index (χ1) is 17.0. The van der Waals surface area contributed by atoms with Crippen molar-refractivity contribution >= 4 is 5.91 Å². The second-order valence-corrected chi connectivity index (χ2v) is 8.97. The Morgan fingerprint density at radius 1 is 1.09 bits per heavy atom. The summed E-state index contributed by atoms with van der Waals surface area (Å²) in [5.74, 6) is 1.00. The van der Waals surface area contributed by atoms with Gasteiger partial charge in [-0.15, -0.1) is 0 Å². The molecule has 0 saturated heterocycles. The number of carbonyl (C=O) groups is 1. The van der Waals surface area contributed by atoms with Gasteiger partial charge >= 0.3 is 0 Å². The first kappa shape index (κ1) is 24.7. The number of benzene rings is 3. The molecule has 6 heteroatoms. The van der Waals surface area contributed by atoms with E-state index in [4.69, 9.17) is 9.47 Å². The summed E-state index contributed by atoms with van der Waals surface area (Å²) in [4.78, 5) is 15.6. The first-order valence-corrected chi connectivity index (χ1v) is 12.1. The Labute approximate surface area is 206 Å². The van der Waals surface area contributed by atoms with E-state index in [9.17, 15) is 9.18 Å². The van der Waals surface area contributed by atoms with Crippen LogP contribution in [0.4, 0.5) is 4.39 Å². The zero-order valence-corrected chi connectivity index (χ0v) is 20.8. The average molecular weight is 477 g/mol. The van der Waals surface area contributed by atoms with Gasteiger partial charge in [-0.05, 0) is 60.7 Å². The molecule has 3 aromatic rings. The van der Waals surface area contributed by atoms with Crippen LogP contribution in [0.2, 0.25) is 0 Å². The van der Waals surface area contributed by atoms with Crippen LogP contribution >= 0.6 is 0 Å². The largest absolute Gasteiger partial charge is 0.493 e. The summed E-state index contributed by atoms with van der Waals surface area (Å²) >= 11 is 0. The van der Waals surface area contributed by atoms with E-state index in [2.05, 4.69) is 17.1 Å². The Kier molecular flexibility index (Phi) is 7.71. The van der Waals surface area contributed by atoms with Crippen LogP contribution in [0, 0.1) is 12.7 Å². The third kappa shape index (κ3) is 5.17. The van der Waals surface area contributed by atoms with Crippen LogP contribution in [0.5, 0.6) is 11.5 Å². The minimum absolute atomic E-state index is 0.103. The number of halogens is 1. The van der Waals surface area contributed by atoms with E-state index in [1.807, 2.05) is 55.5 Å². The number of aryl methyl sites for hydroxylation is 1. The van der Waals surface area contributed by atoms with Gasteiger partial charge in [-0.3, -0.25) is 9.69 Å². The van der Waals surface area contributed by atoms with Crippen molar-refractivity contribution in [1.82, 2.24) is 10.2 Å². The Morgan fingerprint density at radius 3 is 2.46 bits per heavy atom. The Bertz CT molecular complexity index is 1200. The zero-order chi connectivity index (χ0) is 24.9. The van der Waals surface area contributed by atoms with Gasteiger partial charge in [0.15, 0.2) is 11.5 Å². The maximum absolute atomic E-state index is 14.6. The van der Waals surface area contributed by atoms with Gasteiger partial charge in [0.2, 0.25) is 0 Å². The van der Waals surface area contributed by atoms with Crippen LogP contribution in [0.25, 0.3) is 0 Å². The smallest absolute Gasteiger partial charge is 0.251 e. The molecule has 0 bridgehead atoms. The van der Waals surface area contributed by atoms with Gasteiger partial charge in [0.25, 0.3) is 5.91 Å². The van der Waals surface area contributed by atoms with E-state index in [1.54, 1.807) is 20.3 Å². The van der Waals surface area contributed by atoms with Crippen LogP contribution in [0.1, 0.15) is 52.0 Å². The third-order valence-corrected chi connectivity index (χ3v) is 6.88. The van der Waals surface area contributed by atoms with Crippen molar-refractivity contribution in [2.75, 3.05) is 20.8 Å². The molecule has 2 atom stereocenters. The second-order valence-electron chi connectivity index (χ2n) is 8.97. The van der Waals surface area contributed by atoms with Gasteiger partial charge in [-0.2, -0.15) is 0 Å². The van der Waals surface area contributed by atoms with Gasteiger partial charge in [0.1, 0.15) is 5.82 Å². The van der Waals surface area contributed by atoms with Crippen molar-refractivity contribution in [2.45, 2.75) is 45.3 Å². The molecule has 1 N–H and O–H groups in total. The van der Waals surface area contributed by atoms with Gasteiger partial charge in [0, 0.05) is 30.3 Å². The summed E-state index contributed by atoms with van der Waals surface area (Å²) in [7, 11) is 3.25. The van der Waals surface area contributed by atoms with Crippen molar-refractivity contribution < 1.29 is 18.7 Å². The van der Waals surface area contributed by atoms with Gasteiger partial charge in [-0.1, -0.05) is 43.3 Å². The number of rotatable bonds is 8. The summed E-state index contributed by atoms with van der Waals surface area (Å²) in [6.07, 6.45) is 1.51. The fraction of sp³-hybridized carbons (Fsp3) is 0.345. The van der Waals surface area contributed by atoms with Gasteiger partial charge in [0.05, 0.1) is 20.3 Å². The lowest BCUT2D eigenvalue weighted by atomic mass is 9.86. The van der Waals surface area contributed by atoms with Crippen LogP contribution in [0.3, 0.4) is 0 Å². The summed E-state index contributed by atoms with van der Waals surface area (Å²) in [5, 5.41) is 3.28. The number of nitrogens with zero attached hydrogens (tertiary/aromatic N) is 1. The molecular weight excluding hydrogens is 443 g/mol. The maximum atomic E-state index is 14.6. The fourth-order valence-electron chi connectivity index (χ4n) is 5.00. The molecule has 0 spiro atoms.